The van der Waals surface area contributed by atoms with Crippen molar-refractivity contribution in [3.63, 3.8) is 0 Å². The first-order valence-corrected chi connectivity index (χ1v) is 7.27. The summed E-state index contributed by atoms with van der Waals surface area (Å²) in [7, 11) is 0. The summed E-state index contributed by atoms with van der Waals surface area (Å²) in [6, 6.07) is 4.21. The second-order valence-corrected chi connectivity index (χ2v) is 5.68. The second kappa shape index (κ2) is 4.87. The lowest BCUT2D eigenvalue weighted by atomic mass is 9.91. The molecule has 3 aromatic heterocycles. The van der Waals surface area contributed by atoms with E-state index in [4.69, 9.17) is 4.42 Å². The molecule has 21 heavy (non-hydrogen) atoms. The van der Waals surface area contributed by atoms with Crippen LogP contribution < -0.4 is 4.90 Å². The van der Waals surface area contributed by atoms with Crippen molar-refractivity contribution in [1.82, 2.24) is 20.2 Å². The highest BCUT2D eigenvalue weighted by atomic mass is 16.3. The van der Waals surface area contributed by atoms with Crippen molar-refractivity contribution in [2.24, 2.45) is 5.92 Å². The van der Waals surface area contributed by atoms with Gasteiger partial charge in [0.05, 0.1) is 23.9 Å². The zero-order chi connectivity index (χ0) is 14.2. The van der Waals surface area contributed by atoms with E-state index >= 15 is 0 Å². The molecule has 3 aromatic rings. The van der Waals surface area contributed by atoms with Crippen molar-refractivity contribution < 1.29 is 4.42 Å². The van der Waals surface area contributed by atoms with Gasteiger partial charge in [0, 0.05) is 6.54 Å². The Balaban J connectivity index is 1.79. The van der Waals surface area contributed by atoms with Crippen molar-refractivity contribution in [3.05, 3.63) is 36.7 Å². The van der Waals surface area contributed by atoms with Gasteiger partial charge in [-0.25, -0.2) is 9.97 Å². The van der Waals surface area contributed by atoms with E-state index in [1.807, 2.05) is 12.1 Å². The first-order valence-electron chi connectivity index (χ1n) is 7.27. The predicted molar refractivity (Wildman–Crippen MR) is 78.9 cm³/mol. The number of furan rings is 1. The molecule has 0 bridgehead atoms. The molecule has 0 aliphatic carbocycles. The summed E-state index contributed by atoms with van der Waals surface area (Å²) >= 11 is 0. The molecule has 0 aromatic carbocycles. The molecular formula is C15H17N5O. The van der Waals surface area contributed by atoms with Crippen LogP contribution in [0.5, 0.6) is 0 Å². The summed E-state index contributed by atoms with van der Waals surface area (Å²) in [5.41, 5.74) is 0.775. The molecule has 1 aliphatic rings. The van der Waals surface area contributed by atoms with Crippen molar-refractivity contribution in [1.29, 1.82) is 0 Å². The molecule has 4 heterocycles. The third-order valence-corrected chi connectivity index (χ3v) is 4.24. The summed E-state index contributed by atoms with van der Waals surface area (Å²) < 4.78 is 5.66. The minimum absolute atomic E-state index is 0.219. The summed E-state index contributed by atoms with van der Waals surface area (Å²) in [6.07, 6.45) is 7.34. The number of hydrogen-bond donors (Lipinski definition) is 1. The van der Waals surface area contributed by atoms with Gasteiger partial charge in [-0.2, -0.15) is 5.10 Å². The topological polar surface area (TPSA) is 70.8 Å². The minimum atomic E-state index is 0.219. The number of aromatic amines is 1. The van der Waals surface area contributed by atoms with Crippen LogP contribution in [0.3, 0.4) is 0 Å². The number of fused-ring (bicyclic) bond motifs is 1. The Hall–Kier alpha value is -2.37. The summed E-state index contributed by atoms with van der Waals surface area (Å²) in [5, 5.41) is 7.95. The first-order chi connectivity index (χ1) is 10.3. The maximum atomic E-state index is 5.66. The van der Waals surface area contributed by atoms with E-state index < -0.39 is 0 Å². The van der Waals surface area contributed by atoms with Crippen LogP contribution in [0.2, 0.25) is 0 Å². The highest BCUT2D eigenvalue weighted by Crippen LogP contribution is 2.38. The number of hydrogen-bond acceptors (Lipinski definition) is 5. The molecule has 0 amide bonds. The number of rotatable bonds is 2. The van der Waals surface area contributed by atoms with Gasteiger partial charge >= 0.3 is 0 Å². The summed E-state index contributed by atoms with van der Waals surface area (Å²) in [5.74, 6) is 2.61. The van der Waals surface area contributed by atoms with Gasteiger partial charge in [0.15, 0.2) is 5.65 Å². The van der Waals surface area contributed by atoms with Gasteiger partial charge in [0.25, 0.3) is 0 Å². The standard InChI is InChI=1S/C15H17N5O/c1-10-4-5-20(12(7-10)13-3-2-6-21-13)15-11-8-18-19-14(11)16-9-17-15/h2-3,6,8-10,12H,4-5,7H2,1H3,(H,16,17,18,19)/t10-,12+/m0/s1. The molecule has 4 rings (SSSR count). The average molecular weight is 283 g/mol. The quantitative estimate of drug-likeness (QED) is 0.783. The van der Waals surface area contributed by atoms with Crippen LogP contribution in [-0.2, 0) is 0 Å². The Bertz CT molecular complexity index is 735. The molecule has 1 fully saturated rings. The van der Waals surface area contributed by atoms with Crippen molar-refractivity contribution in [2.45, 2.75) is 25.8 Å². The van der Waals surface area contributed by atoms with E-state index in [9.17, 15) is 0 Å². The van der Waals surface area contributed by atoms with E-state index in [1.165, 1.54) is 0 Å². The number of anilines is 1. The third-order valence-electron chi connectivity index (χ3n) is 4.24. The number of piperidine rings is 1. The molecule has 0 saturated carbocycles. The van der Waals surface area contributed by atoms with Gasteiger partial charge in [-0.15, -0.1) is 0 Å². The van der Waals surface area contributed by atoms with Gasteiger partial charge in [0.1, 0.15) is 17.9 Å². The van der Waals surface area contributed by atoms with Crippen LogP contribution in [0.15, 0.2) is 35.3 Å². The Labute approximate surface area is 122 Å². The number of aromatic nitrogens is 4. The molecule has 1 aliphatic heterocycles. The Morgan fingerprint density at radius 3 is 3.19 bits per heavy atom. The smallest absolute Gasteiger partial charge is 0.160 e. The molecule has 0 unspecified atom stereocenters. The van der Waals surface area contributed by atoms with E-state index in [2.05, 4.69) is 32.0 Å². The van der Waals surface area contributed by atoms with Crippen LogP contribution in [0, 0.1) is 5.92 Å². The lowest BCUT2D eigenvalue weighted by Gasteiger charge is -2.38. The highest BCUT2D eigenvalue weighted by molar-refractivity contribution is 5.86. The van der Waals surface area contributed by atoms with E-state index in [0.29, 0.717) is 5.92 Å². The van der Waals surface area contributed by atoms with Crippen LogP contribution in [0.1, 0.15) is 31.6 Å². The molecule has 2 atom stereocenters. The number of nitrogens with zero attached hydrogens (tertiary/aromatic N) is 4. The van der Waals surface area contributed by atoms with Crippen LogP contribution in [-0.4, -0.2) is 26.7 Å². The predicted octanol–water partition coefficient (Wildman–Crippen LogP) is 2.92. The fourth-order valence-electron chi connectivity index (χ4n) is 3.13. The fourth-order valence-corrected chi connectivity index (χ4v) is 3.13. The number of nitrogens with one attached hydrogen (secondary N) is 1. The average Bonchev–Trinajstić information content (AvgIpc) is 3.18. The van der Waals surface area contributed by atoms with Crippen molar-refractivity contribution >= 4 is 16.9 Å². The molecule has 0 radical (unpaired) electrons. The molecule has 1 N–H and O–H groups in total. The van der Waals surface area contributed by atoms with Gasteiger partial charge in [0.2, 0.25) is 0 Å². The van der Waals surface area contributed by atoms with Crippen LogP contribution >= 0.6 is 0 Å². The van der Waals surface area contributed by atoms with Crippen LogP contribution in [0.25, 0.3) is 11.0 Å². The SMILES string of the molecule is C[C@H]1CCN(c2ncnc3[nH]ncc23)[C@@H](c2ccco2)C1. The van der Waals surface area contributed by atoms with Crippen molar-refractivity contribution in [2.75, 3.05) is 11.4 Å². The maximum Gasteiger partial charge on any atom is 0.160 e. The third kappa shape index (κ3) is 2.07. The molecule has 6 nitrogen and oxygen atoms in total. The maximum absolute atomic E-state index is 5.66. The summed E-state index contributed by atoms with van der Waals surface area (Å²) in [4.78, 5) is 11.0. The minimum Gasteiger partial charge on any atom is -0.467 e. The zero-order valence-electron chi connectivity index (χ0n) is 11.9. The number of H-pyrrole nitrogens is 1. The highest BCUT2D eigenvalue weighted by Gasteiger charge is 2.31. The van der Waals surface area contributed by atoms with Crippen LogP contribution in [0.4, 0.5) is 5.82 Å². The van der Waals surface area contributed by atoms with Gasteiger partial charge in [-0.1, -0.05) is 6.92 Å². The lowest BCUT2D eigenvalue weighted by molar-refractivity contribution is 0.327. The van der Waals surface area contributed by atoms with E-state index in [-0.39, 0.29) is 6.04 Å². The van der Waals surface area contributed by atoms with Gasteiger partial charge in [-0.05, 0) is 30.9 Å². The Morgan fingerprint density at radius 1 is 1.38 bits per heavy atom. The van der Waals surface area contributed by atoms with E-state index in [1.54, 1.807) is 18.8 Å². The molecule has 108 valence electrons. The monoisotopic (exact) mass is 283 g/mol. The molecule has 0 spiro atoms. The molecular weight excluding hydrogens is 266 g/mol. The molecule has 6 heteroatoms. The largest absolute Gasteiger partial charge is 0.467 e. The first kappa shape index (κ1) is 12.4. The second-order valence-electron chi connectivity index (χ2n) is 5.68. The fraction of sp³-hybridized carbons (Fsp3) is 0.400. The van der Waals surface area contributed by atoms with Gasteiger partial charge in [-0.3, -0.25) is 5.10 Å². The van der Waals surface area contributed by atoms with Crippen molar-refractivity contribution in [3.8, 4) is 0 Å². The van der Waals surface area contributed by atoms with E-state index in [0.717, 1.165) is 42.0 Å². The Kier molecular flexibility index (Phi) is 2.87. The zero-order valence-corrected chi connectivity index (χ0v) is 11.9. The van der Waals surface area contributed by atoms with Gasteiger partial charge < -0.3 is 9.32 Å². The normalized spacial score (nSPS) is 22.8. The Morgan fingerprint density at radius 2 is 2.33 bits per heavy atom. The lowest BCUT2D eigenvalue weighted by Crippen LogP contribution is -2.36. The molecule has 1 saturated heterocycles. The summed E-state index contributed by atoms with van der Waals surface area (Å²) in [6.45, 7) is 3.25.